The second-order valence-corrected chi connectivity index (χ2v) is 5.43. The smallest absolute Gasteiger partial charge is 0.263 e. The second kappa shape index (κ2) is 4.93. The maximum Gasteiger partial charge on any atom is 0.263 e. The molecule has 102 valence electrons. The highest BCUT2D eigenvalue weighted by Gasteiger charge is 2.16. The van der Waals surface area contributed by atoms with Gasteiger partial charge in [0.25, 0.3) is 5.91 Å². The lowest BCUT2D eigenvalue weighted by Gasteiger charge is -2.02. The normalized spacial score (nSPS) is 10.8. The molecule has 3 N–H and O–H groups in total. The van der Waals surface area contributed by atoms with Crippen molar-refractivity contribution >= 4 is 33.0 Å². The Morgan fingerprint density at radius 1 is 1.50 bits per heavy atom. The van der Waals surface area contributed by atoms with Gasteiger partial charge in [0.2, 0.25) is 0 Å². The fourth-order valence-corrected chi connectivity index (χ4v) is 2.95. The highest BCUT2D eigenvalue weighted by Crippen LogP contribution is 2.32. The van der Waals surface area contributed by atoms with Crippen molar-refractivity contribution in [3.63, 3.8) is 0 Å². The van der Waals surface area contributed by atoms with Gasteiger partial charge in [-0.1, -0.05) is 0 Å². The zero-order valence-electron chi connectivity index (χ0n) is 10.8. The quantitative estimate of drug-likeness (QED) is 0.765. The molecule has 0 unspecified atom stereocenters. The first-order valence-corrected chi connectivity index (χ1v) is 6.85. The molecule has 7 heteroatoms. The Balaban J connectivity index is 1.80. The monoisotopic (exact) mass is 287 g/mol. The first-order valence-electron chi connectivity index (χ1n) is 6.04. The highest BCUT2D eigenvalue weighted by molar-refractivity contribution is 7.21. The number of nitrogens with one attached hydrogen (secondary N) is 1. The number of fused-ring (bicyclic) bond motifs is 1. The average Bonchev–Trinajstić information content (AvgIpc) is 3.01. The first kappa shape index (κ1) is 12.6. The van der Waals surface area contributed by atoms with Gasteiger partial charge in [0.15, 0.2) is 0 Å². The Morgan fingerprint density at radius 3 is 3.05 bits per heavy atom. The largest absolute Gasteiger partial charge is 0.397 e. The summed E-state index contributed by atoms with van der Waals surface area (Å²) in [5, 5.41) is 7.90. The number of aryl methyl sites for hydroxylation is 1. The van der Waals surface area contributed by atoms with Crippen molar-refractivity contribution in [2.24, 2.45) is 7.05 Å². The van der Waals surface area contributed by atoms with E-state index in [0.29, 0.717) is 17.1 Å². The van der Waals surface area contributed by atoms with Gasteiger partial charge in [-0.25, -0.2) is 0 Å². The number of nitrogens with two attached hydrogens (primary N) is 1. The van der Waals surface area contributed by atoms with Crippen molar-refractivity contribution < 1.29 is 4.79 Å². The first-order chi connectivity index (χ1) is 9.65. The third-order valence-corrected chi connectivity index (χ3v) is 4.09. The summed E-state index contributed by atoms with van der Waals surface area (Å²) in [5.41, 5.74) is 7.33. The molecule has 3 aromatic rings. The van der Waals surface area contributed by atoms with Crippen LogP contribution in [0.15, 0.2) is 30.7 Å². The van der Waals surface area contributed by atoms with Gasteiger partial charge >= 0.3 is 0 Å². The molecule has 20 heavy (non-hydrogen) atoms. The molecule has 3 heterocycles. The van der Waals surface area contributed by atoms with Gasteiger partial charge in [0.1, 0.15) is 4.88 Å². The summed E-state index contributed by atoms with van der Waals surface area (Å²) in [5.74, 6) is -0.186. The lowest BCUT2D eigenvalue weighted by atomic mass is 10.2. The van der Waals surface area contributed by atoms with E-state index in [1.54, 1.807) is 17.1 Å². The van der Waals surface area contributed by atoms with E-state index in [4.69, 9.17) is 5.73 Å². The Kier molecular flexibility index (Phi) is 3.11. The van der Waals surface area contributed by atoms with Gasteiger partial charge in [0, 0.05) is 31.0 Å². The van der Waals surface area contributed by atoms with Crippen LogP contribution in [-0.2, 0) is 13.6 Å². The molecule has 0 radical (unpaired) electrons. The summed E-state index contributed by atoms with van der Waals surface area (Å²) in [7, 11) is 1.84. The van der Waals surface area contributed by atoms with Crippen molar-refractivity contribution in [2.75, 3.05) is 5.73 Å². The molecule has 0 fully saturated rings. The average molecular weight is 287 g/mol. The summed E-state index contributed by atoms with van der Waals surface area (Å²) in [6.45, 7) is 0.381. The lowest BCUT2D eigenvalue weighted by Crippen LogP contribution is -2.23. The maximum absolute atomic E-state index is 12.2. The number of pyridine rings is 1. The zero-order valence-corrected chi connectivity index (χ0v) is 11.6. The molecule has 1 amide bonds. The summed E-state index contributed by atoms with van der Waals surface area (Å²) in [6.07, 6.45) is 5.22. The van der Waals surface area contributed by atoms with Crippen LogP contribution in [0, 0.1) is 0 Å². The molecule has 0 aliphatic rings. The number of nitrogen functional groups attached to an aromatic ring is 1. The predicted molar refractivity (Wildman–Crippen MR) is 78.4 cm³/mol. The Labute approximate surface area is 119 Å². The molecule has 0 bridgehead atoms. The molecular formula is C13H13N5OS. The van der Waals surface area contributed by atoms with E-state index in [9.17, 15) is 4.79 Å². The second-order valence-electron chi connectivity index (χ2n) is 4.38. The molecule has 3 aromatic heterocycles. The predicted octanol–water partition coefficient (Wildman–Crippen LogP) is 1.54. The molecule has 6 nitrogen and oxygen atoms in total. The molecule has 0 aliphatic heterocycles. The summed E-state index contributed by atoms with van der Waals surface area (Å²) >= 11 is 1.35. The van der Waals surface area contributed by atoms with Gasteiger partial charge in [0.05, 0.1) is 22.6 Å². The minimum Gasteiger partial charge on any atom is -0.397 e. The van der Waals surface area contributed by atoms with Crippen LogP contribution in [0.25, 0.3) is 10.1 Å². The third kappa shape index (κ3) is 2.23. The highest BCUT2D eigenvalue weighted by atomic mass is 32.1. The number of carbonyl (C=O) groups excluding carboxylic acids is 1. The molecule has 0 atom stereocenters. The number of aromatic nitrogens is 3. The molecule has 0 spiro atoms. The number of hydrogen-bond donors (Lipinski definition) is 2. The number of rotatable bonds is 3. The molecule has 0 saturated carbocycles. The van der Waals surface area contributed by atoms with E-state index >= 15 is 0 Å². The summed E-state index contributed by atoms with van der Waals surface area (Å²) in [4.78, 5) is 16.7. The molecular weight excluding hydrogens is 274 g/mol. The fourth-order valence-electron chi connectivity index (χ4n) is 1.95. The van der Waals surface area contributed by atoms with Gasteiger partial charge in [-0.15, -0.1) is 11.3 Å². The minimum absolute atomic E-state index is 0.186. The van der Waals surface area contributed by atoms with Crippen LogP contribution in [0.4, 0.5) is 5.69 Å². The van der Waals surface area contributed by atoms with Crippen molar-refractivity contribution in [3.05, 3.63) is 41.3 Å². The van der Waals surface area contributed by atoms with Crippen LogP contribution in [0.3, 0.4) is 0 Å². The van der Waals surface area contributed by atoms with Crippen molar-refractivity contribution in [1.29, 1.82) is 0 Å². The SMILES string of the molecule is Cn1ccc(CNC(=O)c2sc3cnccc3c2N)n1. The summed E-state index contributed by atoms with van der Waals surface area (Å²) < 4.78 is 2.61. The van der Waals surface area contributed by atoms with E-state index in [1.165, 1.54) is 11.3 Å². The number of nitrogens with zero attached hydrogens (tertiary/aromatic N) is 3. The van der Waals surface area contributed by atoms with Gasteiger partial charge in [-0.2, -0.15) is 5.10 Å². The summed E-state index contributed by atoms with van der Waals surface area (Å²) in [6, 6.07) is 3.68. The fraction of sp³-hybridized carbons (Fsp3) is 0.154. The van der Waals surface area contributed by atoms with Gasteiger partial charge in [-0.3, -0.25) is 14.5 Å². The van der Waals surface area contributed by atoms with Crippen LogP contribution in [0.1, 0.15) is 15.4 Å². The lowest BCUT2D eigenvalue weighted by molar-refractivity contribution is 0.0955. The van der Waals surface area contributed by atoms with Crippen LogP contribution in [0.5, 0.6) is 0 Å². The number of thiophene rings is 1. The number of anilines is 1. The van der Waals surface area contributed by atoms with Crippen LogP contribution in [0.2, 0.25) is 0 Å². The van der Waals surface area contributed by atoms with E-state index < -0.39 is 0 Å². The minimum atomic E-state index is -0.186. The van der Waals surface area contributed by atoms with Crippen molar-refractivity contribution in [1.82, 2.24) is 20.1 Å². The number of carbonyl (C=O) groups is 1. The van der Waals surface area contributed by atoms with E-state index in [0.717, 1.165) is 15.8 Å². The zero-order chi connectivity index (χ0) is 14.1. The molecule has 0 aliphatic carbocycles. The van der Waals surface area contributed by atoms with E-state index in [-0.39, 0.29) is 5.91 Å². The van der Waals surface area contributed by atoms with Gasteiger partial charge < -0.3 is 11.1 Å². The Bertz CT molecular complexity index is 776. The number of hydrogen-bond acceptors (Lipinski definition) is 5. The van der Waals surface area contributed by atoms with Crippen LogP contribution in [-0.4, -0.2) is 20.7 Å². The molecule has 0 aromatic carbocycles. The molecule has 3 rings (SSSR count). The van der Waals surface area contributed by atoms with Crippen molar-refractivity contribution in [3.8, 4) is 0 Å². The Morgan fingerprint density at radius 2 is 2.35 bits per heavy atom. The Hall–Kier alpha value is -2.41. The van der Waals surface area contributed by atoms with E-state index in [1.807, 2.05) is 25.4 Å². The standard InChI is InChI=1S/C13H13N5OS/c1-18-5-3-8(17-18)6-16-13(19)12-11(14)9-2-4-15-7-10(9)20-12/h2-5,7H,6,14H2,1H3,(H,16,19). The van der Waals surface area contributed by atoms with Crippen LogP contribution < -0.4 is 11.1 Å². The molecule has 0 saturated heterocycles. The maximum atomic E-state index is 12.2. The van der Waals surface area contributed by atoms with E-state index in [2.05, 4.69) is 15.4 Å². The van der Waals surface area contributed by atoms with Crippen molar-refractivity contribution in [2.45, 2.75) is 6.54 Å². The van der Waals surface area contributed by atoms with Crippen LogP contribution >= 0.6 is 11.3 Å². The topological polar surface area (TPSA) is 85.8 Å². The van der Waals surface area contributed by atoms with Gasteiger partial charge in [-0.05, 0) is 12.1 Å². The third-order valence-electron chi connectivity index (χ3n) is 2.94. The number of amides is 1.